The summed E-state index contributed by atoms with van der Waals surface area (Å²) in [5.41, 5.74) is 0.540. The third-order valence-electron chi connectivity index (χ3n) is 4.26. The van der Waals surface area contributed by atoms with Gasteiger partial charge in [-0.25, -0.2) is 8.42 Å². The maximum absolute atomic E-state index is 12.7. The Balaban J connectivity index is 2.42. The highest BCUT2D eigenvalue weighted by Crippen LogP contribution is 2.52. The van der Waals surface area contributed by atoms with Crippen LogP contribution < -0.4 is 4.90 Å². The van der Waals surface area contributed by atoms with E-state index in [2.05, 4.69) is 13.8 Å². The molecule has 116 valence electrons. The van der Waals surface area contributed by atoms with Crippen molar-refractivity contribution in [3.8, 4) is 0 Å². The lowest BCUT2D eigenvalue weighted by molar-refractivity contribution is -0.120. The lowest BCUT2D eigenvalue weighted by Gasteiger charge is -2.24. The molecule has 5 heteroatoms. The third-order valence-corrected chi connectivity index (χ3v) is 6.04. The number of benzene rings is 1. The van der Waals surface area contributed by atoms with Crippen molar-refractivity contribution in [2.45, 2.75) is 39.0 Å². The van der Waals surface area contributed by atoms with Crippen LogP contribution in [-0.4, -0.2) is 26.6 Å². The third kappa shape index (κ3) is 2.98. The van der Waals surface area contributed by atoms with Gasteiger partial charge in [-0.15, -0.1) is 0 Å². The molecule has 0 spiro atoms. The molecule has 1 fully saturated rings. The van der Waals surface area contributed by atoms with E-state index in [1.165, 1.54) is 0 Å². The van der Waals surface area contributed by atoms with Crippen molar-refractivity contribution in [2.24, 2.45) is 11.3 Å². The number of carbonyl (C=O) groups excluding carboxylic acids is 1. The number of nitrogens with zero attached hydrogens (tertiary/aromatic N) is 1. The van der Waals surface area contributed by atoms with Crippen molar-refractivity contribution in [3.63, 3.8) is 0 Å². The second kappa shape index (κ2) is 5.44. The number of hydrogen-bond donors (Lipinski definition) is 0. The van der Waals surface area contributed by atoms with Gasteiger partial charge in [-0.05, 0) is 30.9 Å². The lowest BCUT2D eigenvalue weighted by atomic mass is 10.1. The SMILES string of the molecule is CCN(C(=O)[C@H]1CC1(C)C)c1ccccc1S(=O)(=O)CC. The molecule has 1 aromatic rings. The van der Waals surface area contributed by atoms with E-state index in [0.29, 0.717) is 12.2 Å². The molecule has 1 aliphatic carbocycles. The van der Waals surface area contributed by atoms with Gasteiger partial charge in [-0.2, -0.15) is 0 Å². The highest BCUT2D eigenvalue weighted by Gasteiger charge is 2.52. The Bertz CT molecular complexity index is 649. The standard InChI is InChI=1S/C16H23NO3S/c1-5-17(15(18)12-11-16(12,3)4)13-9-7-8-10-14(13)21(19,20)6-2/h7-10,12H,5-6,11H2,1-4H3/t12-/m1/s1. The molecule has 1 saturated carbocycles. The van der Waals surface area contributed by atoms with Gasteiger partial charge in [0.05, 0.1) is 16.3 Å². The number of hydrogen-bond acceptors (Lipinski definition) is 3. The van der Waals surface area contributed by atoms with Crippen molar-refractivity contribution < 1.29 is 13.2 Å². The minimum Gasteiger partial charge on any atom is -0.311 e. The van der Waals surface area contributed by atoms with Crippen LogP contribution in [0.4, 0.5) is 5.69 Å². The summed E-state index contributed by atoms with van der Waals surface area (Å²) < 4.78 is 24.5. The first-order valence-corrected chi connectivity index (χ1v) is 9.03. The normalized spacial score (nSPS) is 20.1. The largest absolute Gasteiger partial charge is 0.311 e. The Morgan fingerprint density at radius 2 is 1.86 bits per heavy atom. The van der Waals surface area contributed by atoms with Crippen LogP contribution in [0.1, 0.15) is 34.1 Å². The lowest BCUT2D eigenvalue weighted by Crippen LogP contribution is -2.34. The summed E-state index contributed by atoms with van der Waals surface area (Å²) in [7, 11) is -3.35. The Morgan fingerprint density at radius 3 is 2.33 bits per heavy atom. The fraction of sp³-hybridized carbons (Fsp3) is 0.562. The molecule has 0 aliphatic heterocycles. The molecule has 0 heterocycles. The minimum atomic E-state index is -3.35. The zero-order valence-electron chi connectivity index (χ0n) is 13.1. The molecule has 0 unspecified atom stereocenters. The first-order valence-electron chi connectivity index (χ1n) is 7.37. The molecule has 4 nitrogen and oxygen atoms in total. The topological polar surface area (TPSA) is 54.5 Å². The van der Waals surface area contributed by atoms with Gasteiger partial charge in [0.2, 0.25) is 5.91 Å². The maximum Gasteiger partial charge on any atom is 0.230 e. The van der Waals surface area contributed by atoms with E-state index in [4.69, 9.17) is 0 Å². The summed E-state index contributed by atoms with van der Waals surface area (Å²) in [4.78, 5) is 14.5. The van der Waals surface area contributed by atoms with Gasteiger partial charge in [0.25, 0.3) is 0 Å². The van der Waals surface area contributed by atoms with Crippen molar-refractivity contribution in [3.05, 3.63) is 24.3 Å². The average Bonchev–Trinajstić information content (AvgIpc) is 3.09. The fourth-order valence-corrected chi connectivity index (χ4v) is 3.71. The summed E-state index contributed by atoms with van der Waals surface area (Å²) in [6.45, 7) is 8.11. The Hall–Kier alpha value is -1.36. The van der Waals surface area contributed by atoms with Crippen molar-refractivity contribution in [1.29, 1.82) is 0 Å². The Kier molecular flexibility index (Phi) is 4.15. The van der Waals surface area contributed by atoms with Crippen LogP contribution in [0.25, 0.3) is 0 Å². The maximum atomic E-state index is 12.7. The molecular weight excluding hydrogens is 286 g/mol. The molecule has 0 radical (unpaired) electrons. The molecule has 1 aliphatic rings. The summed E-state index contributed by atoms with van der Waals surface area (Å²) in [5, 5.41) is 0. The molecule has 0 aromatic heterocycles. The summed E-state index contributed by atoms with van der Waals surface area (Å²) >= 11 is 0. The van der Waals surface area contributed by atoms with Gasteiger partial charge in [0, 0.05) is 12.5 Å². The zero-order chi connectivity index (χ0) is 15.8. The van der Waals surface area contributed by atoms with Crippen LogP contribution in [0.2, 0.25) is 0 Å². The second-order valence-electron chi connectivity index (χ2n) is 6.20. The first-order chi connectivity index (χ1) is 9.74. The first kappa shape index (κ1) is 16.0. The number of anilines is 1. The summed E-state index contributed by atoms with van der Waals surface area (Å²) in [5.74, 6) is 0.0566. The minimum absolute atomic E-state index is 0.00478. The fourth-order valence-electron chi connectivity index (χ4n) is 2.62. The number of amides is 1. The Morgan fingerprint density at radius 1 is 1.29 bits per heavy atom. The average molecular weight is 309 g/mol. The van der Waals surface area contributed by atoms with Crippen LogP contribution in [-0.2, 0) is 14.6 Å². The van der Waals surface area contributed by atoms with Gasteiger partial charge < -0.3 is 4.90 Å². The monoisotopic (exact) mass is 309 g/mol. The summed E-state index contributed by atoms with van der Waals surface area (Å²) in [6.07, 6.45) is 0.866. The van der Waals surface area contributed by atoms with Gasteiger partial charge in [-0.1, -0.05) is 32.9 Å². The van der Waals surface area contributed by atoms with Crippen LogP contribution in [0.5, 0.6) is 0 Å². The molecule has 1 amide bonds. The smallest absolute Gasteiger partial charge is 0.230 e. The molecular formula is C16H23NO3S. The van der Waals surface area contributed by atoms with Crippen LogP contribution in [0.15, 0.2) is 29.2 Å². The number of rotatable bonds is 5. The van der Waals surface area contributed by atoms with Crippen LogP contribution in [0.3, 0.4) is 0 Å². The molecule has 1 atom stereocenters. The van der Waals surface area contributed by atoms with E-state index in [0.717, 1.165) is 6.42 Å². The second-order valence-corrected chi connectivity index (χ2v) is 8.45. The highest BCUT2D eigenvalue weighted by atomic mass is 32.2. The van der Waals surface area contributed by atoms with Gasteiger partial charge in [0.1, 0.15) is 0 Å². The van der Waals surface area contributed by atoms with Crippen LogP contribution in [0, 0.1) is 11.3 Å². The van der Waals surface area contributed by atoms with Crippen molar-refractivity contribution >= 4 is 21.4 Å². The van der Waals surface area contributed by atoms with E-state index in [1.54, 1.807) is 36.1 Å². The molecule has 0 bridgehead atoms. The van der Waals surface area contributed by atoms with Gasteiger partial charge >= 0.3 is 0 Å². The van der Waals surface area contributed by atoms with Crippen molar-refractivity contribution in [1.82, 2.24) is 0 Å². The van der Waals surface area contributed by atoms with E-state index in [1.807, 2.05) is 6.92 Å². The molecule has 2 rings (SSSR count). The molecule has 21 heavy (non-hydrogen) atoms. The molecule has 0 saturated heterocycles. The Labute approximate surface area is 127 Å². The van der Waals surface area contributed by atoms with E-state index in [9.17, 15) is 13.2 Å². The van der Waals surface area contributed by atoms with Crippen molar-refractivity contribution in [2.75, 3.05) is 17.2 Å². The van der Waals surface area contributed by atoms with Gasteiger partial charge in [-0.3, -0.25) is 4.79 Å². The predicted octanol–water partition coefficient (Wildman–Crippen LogP) is 2.88. The van der Waals surface area contributed by atoms with E-state index >= 15 is 0 Å². The van der Waals surface area contributed by atoms with Crippen LogP contribution >= 0.6 is 0 Å². The molecule has 1 aromatic carbocycles. The van der Waals surface area contributed by atoms with E-state index < -0.39 is 9.84 Å². The quantitative estimate of drug-likeness (QED) is 0.840. The number of para-hydroxylation sites is 1. The molecule has 0 N–H and O–H groups in total. The number of sulfone groups is 1. The number of carbonyl (C=O) groups is 1. The highest BCUT2D eigenvalue weighted by molar-refractivity contribution is 7.91. The van der Waals surface area contributed by atoms with Gasteiger partial charge in [0.15, 0.2) is 9.84 Å². The summed E-state index contributed by atoms with van der Waals surface area (Å²) in [6, 6.07) is 6.78. The predicted molar refractivity (Wildman–Crippen MR) is 84.1 cm³/mol. The zero-order valence-corrected chi connectivity index (χ0v) is 13.9. The van der Waals surface area contributed by atoms with E-state index in [-0.39, 0.29) is 27.9 Å².